The lowest BCUT2D eigenvalue weighted by molar-refractivity contribution is 0.218. The molecule has 1 N–H and O–H groups in total. The van der Waals surface area contributed by atoms with Gasteiger partial charge in [-0.15, -0.1) is 0 Å². The average molecular weight is 297 g/mol. The van der Waals surface area contributed by atoms with Crippen molar-refractivity contribution in [3.05, 3.63) is 46.0 Å². The van der Waals surface area contributed by atoms with E-state index >= 15 is 0 Å². The number of fused-ring (bicyclic) bond motifs is 1. The third-order valence-corrected chi connectivity index (χ3v) is 4.18. The Morgan fingerprint density at radius 3 is 2.86 bits per heavy atom. The highest BCUT2D eigenvalue weighted by Gasteiger charge is 2.16. The summed E-state index contributed by atoms with van der Waals surface area (Å²) in [4.78, 5) is 9.49. The molecule has 0 atom stereocenters. The van der Waals surface area contributed by atoms with Crippen LogP contribution < -0.4 is 0 Å². The van der Waals surface area contributed by atoms with Gasteiger partial charge in [0.25, 0.3) is 0 Å². The minimum atomic E-state index is 0.242. The molecule has 3 rings (SSSR count). The molecule has 0 saturated carbocycles. The van der Waals surface area contributed by atoms with Crippen LogP contribution >= 0.6 is 0 Å². The third-order valence-electron chi connectivity index (χ3n) is 4.18. The fourth-order valence-electron chi connectivity index (χ4n) is 3.08. The fourth-order valence-corrected chi connectivity index (χ4v) is 3.08. The molecule has 0 amide bonds. The molecule has 1 saturated heterocycles. The molecule has 22 heavy (non-hydrogen) atoms. The zero-order valence-corrected chi connectivity index (χ0v) is 12.4. The van der Waals surface area contributed by atoms with E-state index in [9.17, 15) is 5.11 Å². The van der Waals surface area contributed by atoms with Gasteiger partial charge in [0, 0.05) is 28.6 Å². The van der Waals surface area contributed by atoms with Gasteiger partial charge in [0.15, 0.2) is 0 Å². The first-order valence-corrected chi connectivity index (χ1v) is 7.61. The van der Waals surface area contributed by atoms with Gasteiger partial charge in [-0.25, -0.2) is 0 Å². The lowest BCUT2D eigenvalue weighted by atomic mass is 10.0. The summed E-state index contributed by atoms with van der Waals surface area (Å²) in [5, 5.41) is 15.0. The highest BCUT2D eigenvalue weighted by molar-refractivity contribution is 5.88. The van der Waals surface area contributed by atoms with Crippen molar-refractivity contribution < 1.29 is 5.11 Å². The van der Waals surface area contributed by atoms with Crippen molar-refractivity contribution in [1.29, 1.82) is 0 Å². The summed E-state index contributed by atoms with van der Waals surface area (Å²) in [5.74, 6) is 0.242. The first kappa shape index (κ1) is 14.6. The molecule has 1 aliphatic heterocycles. The summed E-state index contributed by atoms with van der Waals surface area (Å²) in [5.41, 5.74) is 10.9. The summed E-state index contributed by atoms with van der Waals surface area (Å²) < 4.78 is 0. The predicted molar refractivity (Wildman–Crippen MR) is 85.4 cm³/mol. The van der Waals surface area contributed by atoms with Gasteiger partial charge in [-0.1, -0.05) is 17.6 Å². The quantitative estimate of drug-likeness (QED) is 0.530. The van der Waals surface area contributed by atoms with Crippen LogP contribution in [0.4, 0.5) is 0 Å². The van der Waals surface area contributed by atoms with Crippen LogP contribution in [0.5, 0.6) is 5.75 Å². The van der Waals surface area contributed by atoms with Crippen LogP contribution in [-0.2, 0) is 13.1 Å². The van der Waals surface area contributed by atoms with E-state index in [1.165, 1.54) is 19.3 Å². The highest BCUT2D eigenvalue weighted by Crippen LogP contribution is 2.32. The van der Waals surface area contributed by atoms with E-state index in [1.807, 2.05) is 18.2 Å². The van der Waals surface area contributed by atoms with Gasteiger partial charge in [-0.2, -0.15) is 0 Å². The molecule has 1 fully saturated rings. The van der Waals surface area contributed by atoms with Crippen molar-refractivity contribution in [2.75, 3.05) is 13.1 Å². The Morgan fingerprint density at radius 2 is 2.09 bits per heavy atom. The number of phenolic OH excluding ortho intramolecular Hbond substituents is 1. The Morgan fingerprint density at radius 1 is 1.27 bits per heavy atom. The third kappa shape index (κ3) is 2.98. The van der Waals surface area contributed by atoms with Crippen molar-refractivity contribution in [3.63, 3.8) is 0 Å². The predicted octanol–water partition coefficient (Wildman–Crippen LogP) is 3.74. The number of nitrogens with zero attached hydrogens (tertiary/aromatic N) is 5. The van der Waals surface area contributed by atoms with E-state index in [-0.39, 0.29) is 12.3 Å². The topological polar surface area (TPSA) is 85.1 Å². The average Bonchev–Trinajstić information content (AvgIpc) is 2.57. The largest absolute Gasteiger partial charge is 0.505 e. The molecule has 6 heteroatoms. The Labute approximate surface area is 129 Å². The van der Waals surface area contributed by atoms with E-state index in [0.717, 1.165) is 29.6 Å². The first-order valence-electron chi connectivity index (χ1n) is 7.61. The number of likely N-dealkylation sites (tertiary alicyclic amines) is 1. The normalized spacial score (nSPS) is 15.6. The molecule has 114 valence electrons. The van der Waals surface area contributed by atoms with Gasteiger partial charge in [0.05, 0.1) is 6.54 Å². The molecule has 0 aliphatic carbocycles. The van der Waals surface area contributed by atoms with E-state index in [4.69, 9.17) is 5.53 Å². The number of rotatable bonds is 4. The van der Waals surface area contributed by atoms with Gasteiger partial charge in [0.2, 0.25) is 0 Å². The van der Waals surface area contributed by atoms with Crippen molar-refractivity contribution in [2.45, 2.75) is 32.4 Å². The summed E-state index contributed by atoms with van der Waals surface area (Å²) in [6.07, 6.45) is 5.37. The number of aromatic nitrogens is 1. The summed E-state index contributed by atoms with van der Waals surface area (Å²) >= 11 is 0. The second-order valence-corrected chi connectivity index (χ2v) is 5.67. The maximum atomic E-state index is 10.5. The van der Waals surface area contributed by atoms with Crippen molar-refractivity contribution >= 4 is 10.9 Å². The van der Waals surface area contributed by atoms with Crippen LogP contribution in [0.2, 0.25) is 0 Å². The van der Waals surface area contributed by atoms with Crippen LogP contribution in [0.1, 0.15) is 30.4 Å². The second-order valence-electron chi connectivity index (χ2n) is 5.67. The van der Waals surface area contributed by atoms with Gasteiger partial charge in [-0.05, 0) is 49.2 Å². The van der Waals surface area contributed by atoms with Crippen LogP contribution in [0.15, 0.2) is 29.5 Å². The molecule has 0 bridgehead atoms. The van der Waals surface area contributed by atoms with Gasteiger partial charge < -0.3 is 5.11 Å². The standard InChI is InChI=1S/C16H19N5O/c17-20-19-10-12-9-13(11-21-7-2-1-3-8-21)16(22)15-14(12)5-4-6-18-15/h4-6,9,22H,1-3,7-8,10-11H2. The lowest BCUT2D eigenvalue weighted by Crippen LogP contribution is -2.29. The van der Waals surface area contributed by atoms with Gasteiger partial charge in [-0.3, -0.25) is 9.88 Å². The Kier molecular flexibility index (Phi) is 4.42. The van der Waals surface area contributed by atoms with Gasteiger partial charge in [0.1, 0.15) is 11.3 Å². The smallest absolute Gasteiger partial charge is 0.146 e. The van der Waals surface area contributed by atoms with Crippen LogP contribution in [-0.4, -0.2) is 28.1 Å². The maximum Gasteiger partial charge on any atom is 0.146 e. The van der Waals surface area contributed by atoms with Crippen molar-refractivity contribution in [1.82, 2.24) is 9.88 Å². The Balaban J connectivity index is 2.01. The number of pyridine rings is 1. The van der Waals surface area contributed by atoms with Crippen molar-refractivity contribution in [3.8, 4) is 5.75 Å². The number of phenols is 1. The number of hydrogen-bond donors (Lipinski definition) is 1. The summed E-state index contributed by atoms with van der Waals surface area (Å²) in [6.45, 7) is 3.10. The van der Waals surface area contributed by atoms with Crippen LogP contribution in [0.3, 0.4) is 0 Å². The number of hydrogen-bond acceptors (Lipinski definition) is 4. The lowest BCUT2D eigenvalue weighted by Gasteiger charge is -2.27. The Hall–Kier alpha value is -2.30. The van der Waals surface area contributed by atoms with Gasteiger partial charge >= 0.3 is 0 Å². The fraction of sp³-hybridized carbons (Fsp3) is 0.438. The molecule has 0 spiro atoms. The zero-order valence-electron chi connectivity index (χ0n) is 12.4. The number of azide groups is 1. The number of benzene rings is 1. The van der Waals surface area contributed by atoms with Crippen LogP contribution in [0, 0.1) is 0 Å². The van der Waals surface area contributed by atoms with Crippen molar-refractivity contribution in [2.24, 2.45) is 5.11 Å². The SMILES string of the molecule is [N-]=[N+]=NCc1cc(CN2CCCCC2)c(O)c2ncccc12. The molecule has 6 nitrogen and oxygen atoms in total. The zero-order chi connectivity index (χ0) is 15.4. The minimum Gasteiger partial charge on any atom is -0.505 e. The van der Waals surface area contributed by atoms with E-state index < -0.39 is 0 Å². The highest BCUT2D eigenvalue weighted by atomic mass is 16.3. The molecule has 1 aromatic heterocycles. The monoisotopic (exact) mass is 297 g/mol. The number of piperidine rings is 1. The van der Waals surface area contributed by atoms with E-state index in [1.54, 1.807) is 6.20 Å². The molecule has 1 aliphatic rings. The Bertz CT molecular complexity index is 718. The minimum absolute atomic E-state index is 0.242. The maximum absolute atomic E-state index is 10.5. The van der Waals surface area contributed by atoms with E-state index in [2.05, 4.69) is 19.9 Å². The molecular formula is C16H19N5O. The summed E-state index contributed by atoms with van der Waals surface area (Å²) in [7, 11) is 0. The molecule has 2 aromatic rings. The second kappa shape index (κ2) is 6.64. The first-order chi connectivity index (χ1) is 10.8. The molecule has 2 heterocycles. The van der Waals surface area contributed by atoms with E-state index in [0.29, 0.717) is 12.1 Å². The number of aromatic hydroxyl groups is 1. The van der Waals surface area contributed by atoms with Crippen LogP contribution in [0.25, 0.3) is 21.3 Å². The molecule has 0 unspecified atom stereocenters. The molecule has 0 radical (unpaired) electrons. The summed E-state index contributed by atoms with van der Waals surface area (Å²) in [6, 6.07) is 5.67. The molecular weight excluding hydrogens is 278 g/mol. The molecule has 1 aromatic carbocycles.